The van der Waals surface area contributed by atoms with Gasteiger partial charge < -0.3 is 4.42 Å². The predicted octanol–water partition coefficient (Wildman–Crippen LogP) is 14.2. The molecule has 1 heteroatoms. The first kappa shape index (κ1) is 16.3. The third-order valence-electron chi connectivity index (χ3n) is 9.05. The zero-order valence-corrected chi connectivity index (χ0v) is 26.5. The smallest absolute Gasteiger partial charge is 0.136 e. The monoisotopic (exact) mass is 666 g/mol. The van der Waals surface area contributed by atoms with Gasteiger partial charge in [-0.25, -0.2) is 0 Å². The van der Waals surface area contributed by atoms with Gasteiger partial charge in [0.25, 0.3) is 0 Å². The molecule has 238 valence electrons. The summed E-state index contributed by atoms with van der Waals surface area (Å²) in [6.07, 6.45) is 0. The number of fused-ring (bicyclic) bond motifs is 5. The maximum Gasteiger partial charge on any atom is 0.136 e. The number of hydrogen-bond donors (Lipinski definition) is 0. The third kappa shape index (κ3) is 4.86. The minimum Gasteiger partial charge on any atom is -0.456 e. The molecule has 0 atom stereocenters. The Balaban J connectivity index is 1.34. The summed E-state index contributed by atoms with van der Waals surface area (Å²) < 4.78 is 165. The first-order valence-corrected chi connectivity index (χ1v) is 16.0. The molecule has 9 aromatic carbocycles. The summed E-state index contributed by atoms with van der Waals surface area (Å²) in [5.74, 6) is 0. The Morgan fingerprint density at radius 2 is 0.922 bits per heavy atom. The van der Waals surface area contributed by atoms with E-state index in [0.29, 0.717) is 60.2 Å². The SMILES string of the molecule is [2H]c1c([2H])c([2H])c(-c2ccc3oc4cccc(-c5c6ccccc6c(-c6c([2H])c([2H])c(-c7c([2H])c([2H])c([2H])c([2H])c7[2H])c(-c7c([2H])c([2H])c([2H])c([2H])c7[2H])c6[2H])c6ccccc56)c4c3c2)c([2H])c1[2H]. The van der Waals surface area contributed by atoms with Gasteiger partial charge in [0, 0.05) is 10.8 Å². The largest absolute Gasteiger partial charge is 0.456 e. The van der Waals surface area contributed by atoms with Crippen molar-refractivity contribution in [2.24, 2.45) is 0 Å². The van der Waals surface area contributed by atoms with E-state index in [9.17, 15) is 4.11 Å². The molecule has 1 aromatic heterocycles. The van der Waals surface area contributed by atoms with E-state index in [1.54, 1.807) is 60.7 Å². The average molecular weight is 667 g/mol. The molecule has 0 aliphatic heterocycles. The van der Waals surface area contributed by atoms with E-state index in [1.807, 2.05) is 24.3 Å². The van der Waals surface area contributed by atoms with Crippen LogP contribution in [0.2, 0.25) is 0 Å². The molecule has 0 spiro atoms. The van der Waals surface area contributed by atoms with E-state index in [2.05, 4.69) is 0 Å². The second-order valence-electron chi connectivity index (χ2n) is 11.8. The third-order valence-corrected chi connectivity index (χ3v) is 9.05. The van der Waals surface area contributed by atoms with Crippen LogP contribution in [0.5, 0.6) is 0 Å². The predicted molar refractivity (Wildman–Crippen MR) is 216 cm³/mol. The summed E-state index contributed by atoms with van der Waals surface area (Å²) in [6, 6.07) is 13.0. The fraction of sp³-hybridized carbons (Fsp3) is 0. The molecule has 0 amide bonds. The quantitative estimate of drug-likeness (QED) is 0.167. The van der Waals surface area contributed by atoms with E-state index in [0.717, 1.165) is 0 Å². The van der Waals surface area contributed by atoms with Gasteiger partial charge >= 0.3 is 0 Å². The van der Waals surface area contributed by atoms with Crippen LogP contribution in [-0.4, -0.2) is 0 Å². The van der Waals surface area contributed by atoms with Crippen molar-refractivity contribution in [3.05, 3.63) is 194 Å². The summed E-state index contributed by atoms with van der Waals surface area (Å²) in [4.78, 5) is 0. The molecule has 1 heterocycles. The Kier molecular flexibility index (Phi) is 3.85. The van der Waals surface area contributed by atoms with Gasteiger partial charge in [0.05, 0.1) is 24.7 Å². The number of hydrogen-bond acceptors (Lipinski definition) is 1. The van der Waals surface area contributed by atoms with E-state index < -0.39 is 119 Å². The average Bonchev–Trinajstić information content (AvgIpc) is 3.73. The highest BCUT2D eigenvalue weighted by Gasteiger charge is 2.21. The Morgan fingerprint density at radius 1 is 0.353 bits per heavy atom. The standard InChI is InChI=1S/C50H32O/c1-4-15-33(16-5-1)36-28-30-46-45(31-36)50-43(25-14-26-47(50)51-46)49-41-23-12-10-21-39(41)48(40-22-11-13-24-42(40)49)37-27-29-38(34-17-6-2-7-18-34)44(32-37)35-19-8-3-9-20-35/h1-32H/i1D,2D,3D,4D,5D,6D,7D,8D,9D,15D,16D,17D,18D,19D,20D,27D,29D,32D. The number of furan rings is 1. The Hall–Kier alpha value is -6.70. The lowest BCUT2D eigenvalue weighted by atomic mass is 9.83. The van der Waals surface area contributed by atoms with Crippen molar-refractivity contribution >= 4 is 43.5 Å². The highest BCUT2D eigenvalue weighted by Crippen LogP contribution is 2.48. The van der Waals surface area contributed by atoms with Gasteiger partial charge in [-0.3, -0.25) is 0 Å². The van der Waals surface area contributed by atoms with Gasteiger partial charge in [0.1, 0.15) is 11.2 Å². The molecule has 51 heavy (non-hydrogen) atoms. The van der Waals surface area contributed by atoms with E-state index in [-0.39, 0.29) is 28.8 Å². The fourth-order valence-electron chi connectivity index (χ4n) is 6.93. The minimum absolute atomic E-state index is 0.0155. The highest BCUT2D eigenvalue weighted by atomic mass is 16.3. The molecular formula is C50H32O. The van der Waals surface area contributed by atoms with Crippen molar-refractivity contribution in [1.29, 1.82) is 0 Å². The van der Waals surface area contributed by atoms with Crippen LogP contribution >= 0.6 is 0 Å². The number of benzene rings is 9. The lowest BCUT2D eigenvalue weighted by Crippen LogP contribution is -1.93. The van der Waals surface area contributed by atoms with Crippen LogP contribution in [0.3, 0.4) is 0 Å². The van der Waals surface area contributed by atoms with Crippen LogP contribution in [0.15, 0.2) is 198 Å². The van der Waals surface area contributed by atoms with Gasteiger partial charge in [0.15, 0.2) is 0 Å². The Labute approximate surface area is 322 Å². The first-order valence-electron chi connectivity index (χ1n) is 25.0. The van der Waals surface area contributed by atoms with E-state index >= 15 is 0 Å². The Morgan fingerprint density at radius 3 is 1.55 bits per heavy atom. The second-order valence-corrected chi connectivity index (χ2v) is 11.8. The molecule has 0 aliphatic carbocycles. The molecule has 0 saturated carbocycles. The molecule has 10 rings (SSSR count). The van der Waals surface area contributed by atoms with Gasteiger partial charge in [-0.05, 0) is 101 Å². The topological polar surface area (TPSA) is 13.1 Å². The summed E-state index contributed by atoms with van der Waals surface area (Å²) in [7, 11) is 0. The lowest BCUT2D eigenvalue weighted by Gasteiger charge is -2.19. The molecule has 1 nitrogen and oxygen atoms in total. The lowest BCUT2D eigenvalue weighted by molar-refractivity contribution is 0.669. The highest BCUT2D eigenvalue weighted by molar-refractivity contribution is 6.26. The summed E-state index contributed by atoms with van der Waals surface area (Å²) in [6.45, 7) is 0. The zero-order valence-electron chi connectivity index (χ0n) is 44.5. The van der Waals surface area contributed by atoms with Crippen LogP contribution in [0.1, 0.15) is 24.7 Å². The molecule has 0 unspecified atom stereocenters. The van der Waals surface area contributed by atoms with Crippen molar-refractivity contribution in [2.75, 3.05) is 0 Å². The van der Waals surface area contributed by atoms with Crippen molar-refractivity contribution in [2.45, 2.75) is 0 Å². The summed E-state index contributed by atoms with van der Waals surface area (Å²) in [5.41, 5.74) is 0.548. The molecule has 0 N–H and O–H groups in total. The van der Waals surface area contributed by atoms with Crippen molar-refractivity contribution in [3.63, 3.8) is 0 Å². The molecule has 0 aliphatic rings. The summed E-state index contributed by atoms with van der Waals surface area (Å²) in [5, 5.41) is 3.35. The molecule has 0 bridgehead atoms. The number of rotatable bonds is 5. The fourth-order valence-corrected chi connectivity index (χ4v) is 6.93. The zero-order chi connectivity index (χ0) is 49.4. The van der Waals surface area contributed by atoms with Crippen molar-refractivity contribution in [1.82, 2.24) is 0 Å². The molecule has 0 radical (unpaired) electrons. The van der Waals surface area contributed by atoms with Crippen LogP contribution in [0.4, 0.5) is 0 Å². The van der Waals surface area contributed by atoms with E-state index in [4.69, 9.17) is 25.0 Å². The molecule has 10 aromatic rings. The normalized spacial score (nSPS) is 16.5. The maximum absolute atomic E-state index is 10.1. The summed E-state index contributed by atoms with van der Waals surface area (Å²) >= 11 is 0. The van der Waals surface area contributed by atoms with Gasteiger partial charge in [0.2, 0.25) is 0 Å². The first-order chi connectivity index (χ1) is 32.8. The van der Waals surface area contributed by atoms with Crippen molar-refractivity contribution in [3.8, 4) is 55.6 Å². The van der Waals surface area contributed by atoms with Gasteiger partial charge in [-0.2, -0.15) is 0 Å². The van der Waals surface area contributed by atoms with Crippen LogP contribution in [-0.2, 0) is 0 Å². The van der Waals surface area contributed by atoms with Crippen LogP contribution in [0, 0.1) is 0 Å². The van der Waals surface area contributed by atoms with Crippen LogP contribution < -0.4 is 0 Å². The minimum atomic E-state index is -0.781. The maximum atomic E-state index is 10.1. The van der Waals surface area contributed by atoms with Gasteiger partial charge in [-0.1, -0.05) is 169 Å². The van der Waals surface area contributed by atoms with Crippen LogP contribution in [0.25, 0.3) is 99.1 Å². The molecular weight excluding hydrogens is 617 g/mol. The molecule has 0 fully saturated rings. The second kappa shape index (κ2) is 12.0. The van der Waals surface area contributed by atoms with Gasteiger partial charge in [-0.15, -0.1) is 0 Å². The van der Waals surface area contributed by atoms with E-state index in [1.165, 1.54) is 0 Å². The Bertz CT molecular complexity index is 3810. The van der Waals surface area contributed by atoms with Crippen molar-refractivity contribution < 1.29 is 29.1 Å². The molecule has 0 saturated heterocycles.